The van der Waals surface area contributed by atoms with Gasteiger partial charge in [0, 0.05) is 25.0 Å². The smallest absolute Gasteiger partial charge is 0.223 e. The molecule has 0 aliphatic carbocycles. The van der Waals surface area contributed by atoms with Gasteiger partial charge in [0.05, 0.1) is 11.9 Å². The van der Waals surface area contributed by atoms with E-state index in [1.165, 1.54) is 4.31 Å². The highest BCUT2D eigenvalue weighted by atomic mass is 32.2. The topological polar surface area (TPSA) is 86.7 Å². The number of hydrogen-bond acceptors (Lipinski definition) is 4. The van der Waals surface area contributed by atoms with Gasteiger partial charge in [0.2, 0.25) is 15.9 Å². The van der Waals surface area contributed by atoms with Crippen molar-refractivity contribution in [3.63, 3.8) is 0 Å². The molecule has 1 amide bonds. The van der Waals surface area contributed by atoms with Crippen molar-refractivity contribution >= 4 is 15.9 Å². The molecule has 1 saturated heterocycles. The number of aliphatic hydroxyl groups is 1. The molecule has 0 saturated carbocycles. The summed E-state index contributed by atoms with van der Waals surface area (Å²) in [6.45, 7) is 6.02. The second-order valence-electron chi connectivity index (χ2n) is 5.57. The lowest BCUT2D eigenvalue weighted by molar-refractivity contribution is -0.126. The molecule has 2 atom stereocenters. The Morgan fingerprint density at radius 1 is 1.35 bits per heavy atom. The van der Waals surface area contributed by atoms with E-state index in [0.717, 1.165) is 0 Å². The molecule has 0 radical (unpaired) electrons. The number of nitrogens with zero attached hydrogens (tertiary/aromatic N) is 1. The van der Waals surface area contributed by atoms with E-state index in [2.05, 4.69) is 5.32 Å². The first-order valence-corrected chi connectivity index (χ1v) is 8.83. The second-order valence-corrected chi connectivity index (χ2v) is 7.83. The highest BCUT2D eigenvalue weighted by Gasteiger charge is 2.30. The first-order chi connectivity index (χ1) is 9.26. The zero-order valence-electron chi connectivity index (χ0n) is 12.5. The molecule has 2 unspecified atom stereocenters. The van der Waals surface area contributed by atoms with Crippen LogP contribution in [0.4, 0.5) is 0 Å². The lowest BCUT2D eigenvalue weighted by atomic mass is 9.96. The van der Waals surface area contributed by atoms with E-state index in [0.29, 0.717) is 32.4 Å². The molecule has 1 rings (SSSR count). The predicted octanol–water partition coefficient (Wildman–Crippen LogP) is 0.324. The Labute approximate surface area is 121 Å². The van der Waals surface area contributed by atoms with Gasteiger partial charge in [-0.05, 0) is 40.0 Å². The molecule has 6 nitrogen and oxygen atoms in total. The van der Waals surface area contributed by atoms with Crippen molar-refractivity contribution in [2.24, 2.45) is 5.92 Å². The van der Waals surface area contributed by atoms with Crippen LogP contribution in [-0.4, -0.2) is 54.7 Å². The molecule has 1 fully saturated rings. The standard InChI is InChI=1S/C13H26N2O4S/c1-4-20(18,19)15-7-5-12(6-8-15)13(17)14-10(2)9-11(3)16/h10-12,16H,4-9H2,1-3H3,(H,14,17). The maximum Gasteiger partial charge on any atom is 0.223 e. The molecule has 7 heteroatoms. The molecule has 2 N–H and O–H groups in total. The third kappa shape index (κ3) is 5.03. The van der Waals surface area contributed by atoms with Gasteiger partial charge in [-0.1, -0.05) is 0 Å². The zero-order valence-corrected chi connectivity index (χ0v) is 13.3. The van der Waals surface area contributed by atoms with Gasteiger partial charge >= 0.3 is 0 Å². The van der Waals surface area contributed by atoms with Crippen molar-refractivity contribution in [3.05, 3.63) is 0 Å². The fraction of sp³-hybridized carbons (Fsp3) is 0.923. The van der Waals surface area contributed by atoms with Crippen molar-refractivity contribution in [2.45, 2.75) is 52.2 Å². The lowest BCUT2D eigenvalue weighted by Gasteiger charge is -2.31. The number of piperidine rings is 1. The van der Waals surface area contributed by atoms with Crippen LogP contribution >= 0.6 is 0 Å². The Hall–Kier alpha value is -0.660. The molecule has 0 aromatic heterocycles. The molecular formula is C13H26N2O4S. The van der Waals surface area contributed by atoms with E-state index in [-0.39, 0.29) is 23.6 Å². The van der Waals surface area contributed by atoms with Gasteiger partial charge < -0.3 is 10.4 Å². The van der Waals surface area contributed by atoms with E-state index in [1.807, 2.05) is 6.92 Å². The largest absolute Gasteiger partial charge is 0.393 e. The Morgan fingerprint density at radius 2 is 1.90 bits per heavy atom. The summed E-state index contributed by atoms with van der Waals surface area (Å²) in [5.74, 6) is -0.0589. The van der Waals surface area contributed by atoms with Crippen LogP contribution in [0.25, 0.3) is 0 Å². The summed E-state index contributed by atoms with van der Waals surface area (Å²) in [6.07, 6.45) is 1.20. The Bertz CT molecular complexity index is 414. The minimum absolute atomic E-state index is 0.0355. The van der Waals surface area contributed by atoms with Crippen molar-refractivity contribution in [3.8, 4) is 0 Å². The highest BCUT2D eigenvalue weighted by Crippen LogP contribution is 2.20. The van der Waals surface area contributed by atoms with Gasteiger partial charge in [-0.25, -0.2) is 12.7 Å². The first kappa shape index (κ1) is 17.4. The van der Waals surface area contributed by atoms with Gasteiger partial charge in [-0.15, -0.1) is 0 Å². The van der Waals surface area contributed by atoms with Crippen LogP contribution < -0.4 is 5.32 Å². The molecule has 118 valence electrons. The Morgan fingerprint density at radius 3 is 2.35 bits per heavy atom. The van der Waals surface area contributed by atoms with Crippen LogP contribution in [0.3, 0.4) is 0 Å². The number of carbonyl (C=O) groups excluding carboxylic acids is 1. The fourth-order valence-corrected chi connectivity index (χ4v) is 3.64. The average molecular weight is 306 g/mol. The van der Waals surface area contributed by atoms with Crippen LogP contribution in [-0.2, 0) is 14.8 Å². The fourth-order valence-electron chi connectivity index (χ4n) is 2.51. The SMILES string of the molecule is CCS(=O)(=O)N1CCC(C(=O)NC(C)CC(C)O)CC1. The number of aliphatic hydroxyl groups excluding tert-OH is 1. The molecule has 0 spiro atoms. The maximum absolute atomic E-state index is 12.1. The molecule has 1 aliphatic rings. The average Bonchev–Trinajstić information content (AvgIpc) is 2.37. The molecule has 0 aromatic rings. The minimum atomic E-state index is -3.14. The van der Waals surface area contributed by atoms with Crippen LogP contribution in [0.5, 0.6) is 0 Å². The van der Waals surface area contributed by atoms with E-state index in [4.69, 9.17) is 0 Å². The summed E-state index contributed by atoms with van der Waals surface area (Å²) >= 11 is 0. The van der Waals surface area contributed by atoms with Crippen LogP contribution in [0.2, 0.25) is 0 Å². The monoisotopic (exact) mass is 306 g/mol. The van der Waals surface area contributed by atoms with E-state index < -0.39 is 16.1 Å². The summed E-state index contributed by atoms with van der Waals surface area (Å²) in [5, 5.41) is 12.2. The Balaban J connectivity index is 2.43. The van der Waals surface area contributed by atoms with Crippen LogP contribution in [0.15, 0.2) is 0 Å². The van der Waals surface area contributed by atoms with Crippen molar-refractivity contribution in [1.29, 1.82) is 0 Å². The lowest BCUT2D eigenvalue weighted by Crippen LogP contribution is -2.45. The first-order valence-electron chi connectivity index (χ1n) is 7.22. The normalized spacial score (nSPS) is 21.4. The molecule has 0 bridgehead atoms. The number of carbonyl (C=O) groups is 1. The molecule has 1 heterocycles. The third-order valence-corrected chi connectivity index (χ3v) is 5.55. The van der Waals surface area contributed by atoms with Gasteiger partial charge in [-0.2, -0.15) is 0 Å². The molecule has 1 aliphatic heterocycles. The quantitative estimate of drug-likeness (QED) is 0.740. The van der Waals surface area contributed by atoms with Crippen LogP contribution in [0.1, 0.15) is 40.0 Å². The maximum atomic E-state index is 12.1. The minimum Gasteiger partial charge on any atom is -0.393 e. The molecular weight excluding hydrogens is 280 g/mol. The second kappa shape index (κ2) is 7.38. The third-order valence-electron chi connectivity index (χ3n) is 3.67. The Kier molecular flexibility index (Phi) is 6.42. The highest BCUT2D eigenvalue weighted by molar-refractivity contribution is 7.89. The number of hydrogen-bond donors (Lipinski definition) is 2. The van der Waals surface area contributed by atoms with Gasteiger partial charge in [-0.3, -0.25) is 4.79 Å². The predicted molar refractivity (Wildman–Crippen MR) is 77.7 cm³/mol. The van der Waals surface area contributed by atoms with E-state index >= 15 is 0 Å². The summed E-state index contributed by atoms with van der Waals surface area (Å²) in [4.78, 5) is 12.1. The van der Waals surface area contributed by atoms with Gasteiger partial charge in [0.25, 0.3) is 0 Å². The summed E-state index contributed by atoms with van der Waals surface area (Å²) in [5.41, 5.74) is 0. The zero-order chi connectivity index (χ0) is 15.3. The van der Waals surface area contributed by atoms with Gasteiger partial charge in [0.15, 0.2) is 0 Å². The summed E-state index contributed by atoms with van der Waals surface area (Å²) in [7, 11) is -3.14. The number of sulfonamides is 1. The summed E-state index contributed by atoms with van der Waals surface area (Å²) in [6, 6.07) is -0.0695. The molecule has 0 aromatic carbocycles. The van der Waals surface area contributed by atoms with Gasteiger partial charge in [0.1, 0.15) is 0 Å². The van der Waals surface area contributed by atoms with Crippen molar-refractivity contribution in [2.75, 3.05) is 18.8 Å². The van der Waals surface area contributed by atoms with E-state index in [1.54, 1.807) is 13.8 Å². The van der Waals surface area contributed by atoms with E-state index in [9.17, 15) is 18.3 Å². The number of rotatable bonds is 6. The van der Waals surface area contributed by atoms with Crippen LogP contribution in [0, 0.1) is 5.92 Å². The van der Waals surface area contributed by atoms with Crippen molar-refractivity contribution < 1.29 is 18.3 Å². The number of amides is 1. The number of nitrogens with one attached hydrogen (secondary N) is 1. The van der Waals surface area contributed by atoms with Crippen molar-refractivity contribution in [1.82, 2.24) is 9.62 Å². The summed E-state index contributed by atoms with van der Waals surface area (Å²) < 4.78 is 24.9. The molecule has 20 heavy (non-hydrogen) atoms.